The maximum absolute atomic E-state index is 12.2. The molecule has 0 bridgehead atoms. The Kier molecular flexibility index (Phi) is 5.80. The number of rotatable bonds is 6. The lowest BCUT2D eigenvalue weighted by atomic mass is 9.96. The summed E-state index contributed by atoms with van der Waals surface area (Å²) in [4.78, 5) is 34.7. The Morgan fingerprint density at radius 2 is 2.03 bits per heavy atom. The number of pyridine rings is 1. The molecule has 0 saturated carbocycles. The van der Waals surface area contributed by atoms with Crippen LogP contribution in [0.4, 0.5) is 10.9 Å². The van der Waals surface area contributed by atoms with Crippen LogP contribution in [0, 0.1) is 12.8 Å². The van der Waals surface area contributed by atoms with E-state index in [1.807, 2.05) is 36.6 Å². The van der Waals surface area contributed by atoms with Gasteiger partial charge in [0, 0.05) is 29.8 Å². The molecule has 3 N–H and O–H groups in total. The van der Waals surface area contributed by atoms with Gasteiger partial charge in [0.15, 0.2) is 11.7 Å². The number of nitrogens with two attached hydrogens (primary N) is 1. The molecule has 2 aromatic heterocycles. The SMILES string of the molecule is Cc1csc(NC(=O)COc2cccc3ccc(N4CCC(C(N)=O)CC4)nc23)n1. The smallest absolute Gasteiger partial charge is 0.264 e. The molecule has 0 radical (unpaired) electrons. The number of aromatic nitrogens is 2. The summed E-state index contributed by atoms with van der Waals surface area (Å²) < 4.78 is 5.77. The van der Waals surface area contributed by atoms with Crippen LogP contribution in [0.25, 0.3) is 10.9 Å². The van der Waals surface area contributed by atoms with Crippen LogP contribution in [0.3, 0.4) is 0 Å². The molecular formula is C21H23N5O3S. The van der Waals surface area contributed by atoms with E-state index in [4.69, 9.17) is 15.5 Å². The van der Waals surface area contributed by atoms with Gasteiger partial charge >= 0.3 is 0 Å². The number of hydrogen-bond donors (Lipinski definition) is 2. The summed E-state index contributed by atoms with van der Waals surface area (Å²) in [6, 6.07) is 9.59. The van der Waals surface area contributed by atoms with Crippen molar-refractivity contribution in [1.29, 1.82) is 0 Å². The zero-order valence-electron chi connectivity index (χ0n) is 16.6. The van der Waals surface area contributed by atoms with Crippen molar-refractivity contribution < 1.29 is 14.3 Å². The van der Waals surface area contributed by atoms with Crippen LogP contribution in [-0.4, -0.2) is 41.5 Å². The number of hydrogen-bond acceptors (Lipinski definition) is 7. The second-order valence-corrected chi connectivity index (χ2v) is 8.15. The highest BCUT2D eigenvalue weighted by molar-refractivity contribution is 7.13. The summed E-state index contributed by atoms with van der Waals surface area (Å²) in [7, 11) is 0. The van der Waals surface area contributed by atoms with Gasteiger partial charge in [-0.25, -0.2) is 9.97 Å². The normalized spacial score (nSPS) is 14.6. The maximum Gasteiger partial charge on any atom is 0.264 e. The molecule has 2 amide bonds. The minimum atomic E-state index is -0.272. The predicted molar refractivity (Wildman–Crippen MR) is 117 cm³/mol. The Hall–Kier alpha value is -3.20. The van der Waals surface area contributed by atoms with Gasteiger partial charge in [0.1, 0.15) is 17.1 Å². The summed E-state index contributed by atoms with van der Waals surface area (Å²) in [6.45, 7) is 3.20. The molecule has 0 spiro atoms. The monoisotopic (exact) mass is 425 g/mol. The molecule has 156 valence electrons. The van der Waals surface area contributed by atoms with Crippen molar-refractivity contribution >= 4 is 45.0 Å². The predicted octanol–water partition coefficient (Wildman–Crippen LogP) is 2.72. The molecule has 8 nitrogen and oxygen atoms in total. The number of aryl methyl sites for hydroxylation is 1. The summed E-state index contributed by atoms with van der Waals surface area (Å²) in [5.41, 5.74) is 6.99. The van der Waals surface area contributed by atoms with Crippen LogP contribution >= 0.6 is 11.3 Å². The molecule has 1 saturated heterocycles. The van der Waals surface area contributed by atoms with Crippen LogP contribution in [-0.2, 0) is 9.59 Å². The van der Waals surface area contributed by atoms with Crippen LogP contribution < -0.4 is 20.7 Å². The second-order valence-electron chi connectivity index (χ2n) is 7.29. The molecule has 4 rings (SSSR count). The number of carbonyl (C=O) groups is 2. The van der Waals surface area contributed by atoms with Crippen LogP contribution in [0.2, 0.25) is 0 Å². The molecule has 1 aromatic carbocycles. The molecule has 1 aliphatic rings. The Balaban J connectivity index is 1.46. The van der Waals surface area contributed by atoms with Gasteiger partial charge < -0.3 is 15.4 Å². The average Bonchev–Trinajstić information content (AvgIpc) is 3.16. The minimum absolute atomic E-state index is 0.0688. The van der Waals surface area contributed by atoms with E-state index in [2.05, 4.69) is 15.2 Å². The van der Waals surface area contributed by atoms with E-state index in [9.17, 15) is 9.59 Å². The molecular weight excluding hydrogens is 402 g/mol. The number of fused-ring (bicyclic) bond motifs is 1. The first-order chi connectivity index (χ1) is 14.5. The van der Waals surface area contributed by atoms with Gasteiger partial charge in [-0.2, -0.15) is 0 Å². The Morgan fingerprint density at radius 3 is 2.73 bits per heavy atom. The first-order valence-corrected chi connectivity index (χ1v) is 10.7. The molecule has 0 atom stereocenters. The molecule has 3 aromatic rings. The van der Waals surface area contributed by atoms with Gasteiger partial charge in [0.2, 0.25) is 5.91 Å². The fourth-order valence-electron chi connectivity index (χ4n) is 3.51. The molecule has 1 aliphatic heterocycles. The summed E-state index contributed by atoms with van der Waals surface area (Å²) >= 11 is 1.38. The number of benzene rings is 1. The maximum atomic E-state index is 12.2. The van der Waals surface area contributed by atoms with Gasteiger partial charge in [-0.15, -0.1) is 11.3 Å². The molecule has 0 aliphatic carbocycles. The van der Waals surface area contributed by atoms with E-state index in [0.717, 1.165) is 42.8 Å². The lowest BCUT2D eigenvalue weighted by Crippen LogP contribution is -2.38. The fraction of sp³-hybridized carbons (Fsp3) is 0.333. The van der Waals surface area contributed by atoms with E-state index < -0.39 is 0 Å². The van der Waals surface area contributed by atoms with Crippen molar-refractivity contribution in [3.8, 4) is 5.75 Å². The van der Waals surface area contributed by atoms with E-state index in [1.54, 1.807) is 6.07 Å². The first-order valence-electron chi connectivity index (χ1n) is 9.78. The Morgan fingerprint density at radius 1 is 1.23 bits per heavy atom. The summed E-state index contributed by atoms with van der Waals surface area (Å²) in [6.07, 6.45) is 1.45. The third-order valence-electron chi connectivity index (χ3n) is 5.11. The number of primary amides is 1. The minimum Gasteiger partial charge on any atom is -0.481 e. The topological polar surface area (TPSA) is 110 Å². The second kappa shape index (κ2) is 8.66. The highest BCUT2D eigenvalue weighted by Crippen LogP contribution is 2.28. The van der Waals surface area contributed by atoms with Gasteiger partial charge in [0.25, 0.3) is 5.91 Å². The van der Waals surface area contributed by atoms with Crippen LogP contribution in [0.15, 0.2) is 35.7 Å². The lowest BCUT2D eigenvalue weighted by Gasteiger charge is -2.31. The standard InChI is InChI=1S/C21H23N5O3S/c1-13-12-30-21(23-13)25-18(27)11-29-16-4-2-3-14-5-6-17(24-19(14)16)26-9-7-15(8-10-26)20(22)28/h2-6,12,15H,7-11H2,1H3,(H2,22,28)(H,23,25,27). The van der Waals surface area contributed by atoms with E-state index >= 15 is 0 Å². The fourth-order valence-corrected chi connectivity index (χ4v) is 4.21. The highest BCUT2D eigenvalue weighted by Gasteiger charge is 2.24. The number of thiazole rings is 1. The number of anilines is 2. The summed E-state index contributed by atoms with van der Waals surface area (Å²) in [5.74, 6) is 0.797. The van der Waals surface area contributed by atoms with E-state index in [-0.39, 0.29) is 24.3 Å². The number of para-hydroxylation sites is 1. The molecule has 3 heterocycles. The van der Waals surface area contributed by atoms with Gasteiger partial charge in [-0.05, 0) is 38.0 Å². The van der Waals surface area contributed by atoms with Gasteiger partial charge in [-0.1, -0.05) is 12.1 Å². The Labute approximate surface area is 178 Å². The molecule has 0 unspecified atom stereocenters. The van der Waals surface area contributed by atoms with Crippen LogP contribution in [0.5, 0.6) is 5.75 Å². The lowest BCUT2D eigenvalue weighted by molar-refractivity contribution is -0.122. The van der Waals surface area contributed by atoms with Crippen molar-refractivity contribution in [2.45, 2.75) is 19.8 Å². The first kappa shape index (κ1) is 20.1. The number of amides is 2. The molecule has 30 heavy (non-hydrogen) atoms. The van der Waals surface area contributed by atoms with Crippen molar-refractivity contribution in [2.75, 3.05) is 29.9 Å². The van der Waals surface area contributed by atoms with Gasteiger partial charge in [0.05, 0.1) is 5.69 Å². The number of ether oxygens (including phenoxy) is 1. The number of carbonyl (C=O) groups excluding carboxylic acids is 2. The Bertz CT molecular complexity index is 1080. The number of piperidine rings is 1. The zero-order valence-corrected chi connectivity index (χ0v) is 17.4. The highest BCUT2D eigenvalue weighted by atomic mass is 32.1. The largest absolute Gasteiger partial charge is 0.481 e. The number of nitrogens with zero attached hydrogens (tertiary/aromatic N) is 3. The summed E-state index contributed by atoms with van der Waals surface area (Å²) in [5, 5.41) is 6.09. The van der Waals surface area contributed by atoms with Crippen molar-refractivity contribution in [1.82, 2.24) is 9.97 Å². The number of nitrogens with one attached hydrogen (secondary N) is 1. The van der Waals surface area contributed by atoms with Crippen molar-refractivity contribution in [2.24, 2.45) is 11.7 Å². The van der Waals surface area contributed by atoms with Crippen molar-refractivity contribution in [3.63, 3.8) is 0 Å². The average molecular weight is 426 g/mol. The zero-order chi connectivity index (χ0) is 21.1. The van der Waals surface area contributed by atoms with Crippen molar-refractivity contribution in [3.05, 3.63) is 41.4 Å². The third-order valence-corrected chi connectivity index (χ3v) is 5.99. The molecule has 1 fully saturated rings. The third kappa shape index (κ3) is 4.51. The van der Waals surface area contributed by atoms with E-state index in [0.29, 0.717) is 16.4 Å². The van der Waals surface area contributed by atoms with Crippen LogP contribution in [0.1, 0.15) is 18.5 Å². The van der Waals surface area contributed by atoms with E-state index in [1.165, 1.54) is 11.3 Å². The molecule has 9 heteroatoms. The van der Waals surface area contributed by atoms with Gasteiger partial charge in [-0.3, -0.25) is 14.9 Å². The quantitative estimate of drug-likeness (QED) is 0.628.